The van der Waals surface area contributed by atoms with Gasteiger partial charge in [-0.25, -0.2) is 9.37 Å². The standard InChI is InChI=1S/C31H24F4N4O4/c32-20-6-3-16(4-7-20)25-26-21(29(28(36)41)12-24(29)43-26)11-23(39-25)30(42,31(33,34)35)14-38-27(40)17-5-8-22-18(9-17)10-19(13-37-22)15-1-2-15/h3-11,13,15,24,42H,1-2,12,14H2,(H2,36,41)(H,38,40)/t24?,29-,30?/m1/s1. The Morgan fingerprint density at radius 2 is 1.84 bits per heavy atom. The molecule has 8 nitrogen and oxygen atoms in total. The molecule has 2 amide bonds. The first-order chi connectivity index (χ1) is 20.4. The summed E-state index contributed by atoms with van der Waals surface area (Å²) in [7, 11) is 0. The van der Waals surface area contributed by atoms with E-state index in [0.29, 0.717) is 16.8 Å². The smallest absolute Gasteiger partial charge is 0.424 e. The first kappa shape index (κ1) is 27.3. The Morgan fingerprint density at radius 3 is 2.51 bits per heavy atom. The lowest BCUT2D eigenvalue weighted by Gasteiger charge is -2.31. The monoisotopic (exact) mass is 592 g/mol. The van der Waals surface area contributed by atoms with Crippen LogP contribution in [-0.4, -0.2) is 45.7 Å². The lowest BCUT2D eigenvalue weighted by molar-refractivity contribution is -0.265. The zero-order valence-electron chi connectivity index (χ0n) is 22.4. The number of nitrogens with one attached hydrogen (secondary N) is 1. The number of benzene rings is 2. The van der Waals surface area contributed by atoms with Crippen molar-refractivity contribution in [2.75, 3.05) is 6.54 Å². The molecule has 0 spiro atoms. The van der Waals surface area contributed by atoms with E-state index in [9.17, 15) is 32.3 Å². The minimum absolute atomic E-state index is 0.0364. The van der Waals surface area contributed by atoms with E-state index >= 15 is 0 Å². The number of amides is 2. The third-order valence-corrected chi connectivity index (χ3v) is 8.58. The summed E-state index contributed by atoms with van der Waals surface area (Å²) in [5, 5.41) is 14.1. The van der Waals surface area contributed by atoms with Gasteiger partial charge in [-0.3, -0.25) is 14.6 Å². The van der Waals surface area contributed by atoms with Crippen LogP contribution in [0.3, 0.4) is 0 Å². The highest BCUT2D eigenvalue weighted by Crippen LogP contribution is 2.61. The molecule has 0 radical (unpaired) electrons. The molecule has 2 unspecified atom stereocenters. The number of aromatic nitrogens is 2. The van der Waals surface area contributed by atoms with Crippen LogP contribution in [0.15, 0.2) is 60.8 Å². The van der Waals surface area contributed by atoms with Crippen LogP contribution in [0.25, 0.3) is 22.2 Å². The van der Waals surface area contributed by atoms with E-state index in [1.54, 1.807) is 12.3 Å². The molecule has 7 rings (SSSR count). The van der Waals surface area contributed by atoms with Crippen LogP contribution in [-0.2, 0) is 15.8 Å². The van der Waals surface area contributed by atoms with Crippen molar-refractivity contribution in [1.82, 2.24) is 15.3 Å². The van der Waals surface area contributed by atoms with E-state index in [1.807, 2.05) is 6.07 Å². The highest BCUT2D eigenvalue weighted by Gasteiger charge is 2.69. The molecule has 2 fully saturated rings. The molecular weight excluding hydrogens is 568 g/mol. The molecule has 1 aliphatic heterocycles. The van der Waals surface area contributed by atoms with Crippen molar-refractivity contribution in [3.8, 4) is 17.0 Å². The molecule has 0 saturated heterocycles. The van der Waals surface area contributed by atoms with Gasteiger partial charge in [0.25, 0.3) is 5.91 Å². The molecular formula is C31H24F4N4O4. The van der Waals surface area contributed by atoms with Crippen LogP contribution < -0.4 is 15.8 Å². The van der Waals surface area contributed by atoms with E-state index < -0.39 is 53.2 Å². The fraction of sp³-hybridized carbons (Fsp3) is 0.290. The molecule has 220 valence electrons. The van der Waals surface area contributed by atoms with E-state index in [2.05, 4.69) is 15.3 Å². The highest BCUT2D eigenvalue weighted by atomic mass is 19.4. The van der Waals surface area contributed by atoms with Crippen LogP contribution >= 0.6 is 0 Å². The average Bonchev–Trinajstić information content (AvgIpc) is 3.91. The van der Waals surface area contributed by atoms with Crippen LogP contribution in [0, 0.1) is 5.82 Å². The summed E-state index contributed by atoms with van der Waals surface area (Å²) in [6.07, 6.45) is -1.97. The molecule has 2 saturated carbocycles. The number of pyridine rings is 2. The zero-order chi connectivity index (χ0) is 30.3. The molecule has 2 aliphatic carbocycles. The van der Waals surface area contributed by atoms with E-state index in [-0.39, 0.29) is 34.6 Å². The second-order valence-corrected chi connectivity index (χ2v) is 11.4. The van der Waals surface area contributed by atoms with Crippen LogP contribution in [0.1, 0.15) is 52.4 Å². The minimum Gasteiger partial charge on any atom is -0.486 e. The maximum atomic E-state index is 14.7. The van der Waals surface area contributed by atoms with E-state index in [4.69, 9.17) is 10.5 Å². The van der Waals surface area contributed by atoms with Gasteiger partial charge in [0, 0.05) is 34.7 Å². The van der Waals surface area contributed by atoms with Crippen LogP contribution in [0.5, 0.6) is 5.75 Å². The summed E-state index contributed by atoms with van der Waals surface area (Å²) in [5.74, 6) is -1.77. The van der Waals surface area contributed by atoms with Crippen LogP contribution in [0.4, 0.5) is 17.6 Å². The van der Waals surface area contributed by atoms with Crippen LogP contribution in [0.2, 0.25) is 0 Å². The fourth-order valence-electron chi connectivity index (χ4n) is 5.77. The maximum Gasteiger partial charge on any atom is 0.424 e. The predicted octanol–water partition coefficient (Wildman–Crippen LogP) is 4.38. The summed E-state index contributed by atoms with van der Waals surface area (Å²) >= 11 is 0. The number of alkyl halides is 3. The molecule has 4 aromatic rings. The number of halogens is 4. The first-order valence-electron chi connectivity index (χ1n) is 13.7. The molecule has 3 atom stereocenters. The van der Waals surface area contributed by atoms with Crippen molar-refractivity contribution in [2.24, 2.45) is 5.73 Å². The van der Waals surface area contributed by atoms with Crippen molar-refractivity contribution in [2.45, 2.75) is 48.5 Å². The summed E-state index contributed by atoms with van der Waals surface area (Å²) in [4.78, 5) is 34.0. The van der Waals surface area contributed by atoms with Gasteiger partial charge in [-0.15, -0.1) is 0 Å². The zero-order valence-corrected chi connectivity index (χ0v) is 22.4. The summed E-state index contributed by atoms with van der Waals surface area (Å²) in [6.45, 7) is -1.28. The number of nitrogens with zero attached hydrogens (tertiary/aromatic N) is 2. The average molecular weight is 593 g/mol. The maximum absolute atomic E-state index is 14.7. The second kappa shape index (κ2) is 9.21. The van der Waals surface area contributed by atoms with Crippen molar-refractivity contribution < 1.29 is 37.0 Å². The van der Waals surface area contributed by atoms with Gasteiger partial charge in [-0.05, 0) is 78.9 Å². The quantitative estimate of drug-likeness (QED) is 0.274. The Kier molecular flexibility index (Phi) is 5.84. The van der Waals surface area contributed by atoms with Crippen molar-refractivity contribution in [3.63, 3.8) is 0 Å². The molecule has 2 aromatic carbocycles. The summed E-state index contributed by atoms with van der Waals surface area (Å²) in [6, 6.07) is 12.2. The number of aliphatic hydroxyl groups is 1. The molecule has 3 heterocycles. The third kappa shape index (κ3) is 4.31. The van der Waals surface area contributed by atoms with Gasteiger partial charge in [-0.1, -0.05) is 0 Å². The van der Waals surface area contributed by atoms with E-state index in [0.717, 1.165) is 36.6 Å². The topological polar surface area (TPSA) is 127 Å². The van der Waals surface area contributed by atoms with Crippen molar-refractivity contribution in [3.05, 3.63) is 89.0 Å². The van der Waals surface area contributed by atoms with E-state index in [1.165, 1.54) is 24.3 Å². The third-order valence-electron chi connectivity index (χ3n) is 8.58. The number of primary amides is 1. The molecule has 2 aromatic heterocycles. The van der Waals surface area contributed by atoms with Gasteiger partial charge < -0.3 is 20.9 Å². The molecule has 43 heavy (non-hydrogen) atoms. The number of carbonyl (C=O) groups is 2. The number of fused-ring (bicyclic) bond motifs is 4. The molecule has 3 aliphatic rings. The Morgan fingerprint density at radius 1 is 1.09 bits per heavy atom. The normalized spacial score (nSPS) is 21.8. The Labute approximate surface area is 241 Å². The first-order valence-corrected chi connectivity index (χ1v) is 13.7. The van der Waals surface area contributed by atoms with Gasteiger partial charge in [0.05, 0.1) is 17.8 Å². The Bertz CT molecular complexity index is 1830. The number of rotatable bonds is 7. The molecule has 0 bridgehead atoms. The fourth-order valence-corrected chi connectivity index (χ4v) is 5.77. The minimum atomic E-state index is -5.31. The predicted molar refractivity (Wildman–Crippen MR) is 146 cm³/mol. The van der Waals surface area contributed by atoms with Crippen molar-refractivity contribution >= 4 is 22.7 Å². The molecule has 4 N–H and O–H groups in total. The number of carbonyl (C=O) groups excluding carboxylic acids is 2. The highest BCUT2D eigenvalue weighted by molar-refractivity contribution is 5.98. The SMILES string of the molecule is NC(=O)[C@@]12CC1Oc1c2cc(C(O)(CNC(=O)c2ccc3ncc(C4CC4)cc3c2)C(F)(F)F)nc1-c1ccc(F)cc1. The second-order valence-electron chi connectivity index (χ2n) is 11.4. The number of nitrogens with two attached hydrogens (primary N) is 1. The lowest BCUT2D eigenvalue weighted by atomic mass is 9.89. The summed E-state index contributed by atoms with van der Waals surface area (Å²) in [5.41, 5.74) is 1.60. The Balaban J connectivity index is 1.26. The largest absolute Gasteiger partial charge is 0.486 e. The van der Waals surface area contributed by atoms with Gasteiger partial charge in [0.15, 0.2) is 5.75 Å². The van der Waals surface area contributed by atoms with Gasteiger partial charge >= 0.3 is 6.18 Å². The van der Waals surface area contributed by atoms with Gasteiger partial charge in [0.2, 0.25) is 11.5 Å². The molecule has 12 heteroatoms. The number of ether oxygens (including phenoxy) is 1. The Hall–Kier alpha value is -4.58. The number of hydrogen-bond acceptors (Lipinski definition) is 6. The number of hydrogen-bond donors (Lipinski definition) is 3. The lowest BCUT2D eigenvalue weighted by Crippen LogP contribution is -2.51. The summed E-state index contributed by atoms with van der Waals surface area (Å²) < 4.78 is 63.5. The van der Waals surface area contributed by atoms with Crippen molar-refractivity contribution in [1.29, 1.82) is 0 Å². The van der Waals surface area contributed by atoms with Gasteiger partial charge in [-0.2, -0.15) is 13.2 Å². The van der Waals surface area contributed by atoms with Gasteiger partial charge in [0.1, 0.15) is 23.0 Å².